The highest BCUT2D eigenvalue weighted by atomic mass is 16.7. The maximum atomic E-state index is 8.90. The molecule has 3 N–H and O–H groups in total. The molecule has 1 saturated heterocycles. The Kier molecular flexibility index (Phi) is 2.79. The summed E-state index contributed by atoms with van der Waals surface area (Å²) in [5.41, 5.74) is 5.95. The zero-order valence-corrected chi connectivity index (χ0v) is 8.50. The van der Waals surface area contributed by atoms with Crippen LogP contribution in [0.3, 0.4) is 0 Å². The molecule has 0 aromatic carbocycles. The third-order valence-corrected chi connectivity index (χ3v) is 3.43. The highest BCUT2D eigenvalue weighted by molar-refractivity contribution is 4.94. The van der Waals surface area contributed by atoms with E-state index in [1.807, 2.05) is 0 Å². The third-order valence-electron chi connectivity index (χ3n) is 3.43. The number of nitrogens with two attached hydrogens (primary N) is 1. The van der Waals surface area contributed by atoms with Crippen LogP contribution in [0, 0.1) is 0 Å². The SMILES string of the molecule is NC1(CCO)CCC2(CC1)OCCO2. The van der Waals surface area contributed by atoms with E-state index >= 15 is 0 Å². The Labute approximate surface area is 84.4 Å². The van der Waals surface area contributed by atoms with Crippen LogP contribution in [-0.2, 0) is 9.47 Å². The first-order valence-corrected chi connectivity index (χ1v) is 5.36. The van der Waals surface area contributed by atoms with Crippen LogP contribution in [0.1, 0.15) is 32.1 Å². The minimum absolute atomic E-state index is 0.172. The Hall–Kier alpha value is -0.160. The van der Waals surface area contributed by atoms with E-state index in [-0.39, 0.29) is 17.9 Å². The summed E-state index contributed by atoms with van der Waals surface area (Å²) in [6.45, 7) is 1.58. The first kappa shape index (κ1) is 10.4. The molecule has 0 amide bonds. The van der Waals surface area contributed by atoms with E-state index < -0.39 is 0 Å². The summed E-state index contributed by atoms with van der Waals surface area (Å²) in [5, 5.41) is 8.90. The fourth-order valence-electron chi connectivity index (χ4n) is 2.39. The van der Waals surface area contributed by atoms with Crippen LogP contribution >= 0.6 is 0 Å². The number of hydrogen-bond acceptors (Lipinski definition) is 4. The van der Waals surface area contributed by atoms with Gasteiger partial charge in [0.15, 0.2) is 5.79 Å². The molecule has 1 saturated carbocycles. The summed E-state index contributed by atoms with van der Waals surface area (Å²) in [6, 6.07) is 0. The average molecular weight is 201 g/mol. The molecule has 1 aliphatic heterocycles. The molecule has 0 aromatic heterocycles. The van der Waals surface area contributed by atoms with Gasteiger partial charge >= 0.3 is 0 Å². The Balaban J connectivity index is 1.90. The van der Waals surface area contributed by atoms with Crippen LogP contribution < -0.4 is 5.73 Å². The monoisotopic (exact) mass is 201 g/mol. The van der Waals surface area contributed by atoms with Crippen LogP contribution in [0.4, 0.5) is 0 Å². The van der Waals surface area contributed by atoms with Gasteiger partial charge in [-0.25, -0.2) is 0 Å². The molecular formula is C10H19NO3. The third kappa shape index (κ3) is 1.93. The van der Waals surface area contributed by atoms with Gasteiger partial charge in [-0.2, -0.15) is 0 Å². The topological polar surface area (TPSA) is 64.7 Å². The zero-order valence-electron chi connectivity index (χ0n) is 8.50. The summed E-state index contributed by atoms with van der Waals surface area (Å²) in [6.07, 6.45) is 4.18. The predicted octanol–water partition coefficient (Wildman–Crippen LogP) is 0.383. The fourth-order valence-corrected chi connectivity index (χ4v) is 2.39. The van der Waals surface area contributed by atoms with Crippen LogP contribution in [0.5, 0.6) is 0 Å². The van der Waals surface area contributed by atoms with Crippen LogP contribution in [0.15, 0.2) is 0 Å². The van der Waals surface area contributed by atoms with Crippen molar-refractivity contribution in [2.24, 2.45) is 5.73 Å². The lowest BCUT2D eigenvalue weighted by atomic mass is 9.77. The highest BCUT2D eigenvalue weighted by Crippen LogP contribution is 2.40. The van der Waals surface area contributed by atoms with Gasteiger partial charge in [0.25, 0.3) is 0 Å². The molecule has 0 radical (unpaired) electrons. The summed E-state index contributed by atoms with van der Waals surface area (Å²) < 4.78 is 11.2. The van der Waals surface area contributed by atoms with E-state index in [1.54, 1.807) is 0 Å². The van der Waals surface area contributed by atoms with Crippen molar-refractivity contribution in [1.82, 2.24) is 0 Å². The van der Waals surface area contributed by atoms with Crippen molar-refractivity contribution in [3.8, 4) is 0 Å². The van der Waals surface area contributed by atoms with Crippen molar-refractivity contribution >= 4 is 0 Å². The van der Waals surface area contributed by atoms with E-state index in [9.17, 15) is 0 Å². The average Bonchev–Trinajstić information content (AvgIpc) is 2.61. The first-order valence-electron chi connectivity index (χ1n) is 5.36. The lowest BCUT2D eigenvalue weighted by Crippen LogP contribution is -2.49. The second kappa shape index (κ2) is 3.77. The molecule has 82 valence electrons. The number of rotatable bonds is 2. The molecule has 14 heavy (non-hydrogen) atoms. The number of ether oxygens (including phenoxy) is 2. The van der Waals surface area contributed by atoms with Gasteiger partial charge in [-0.3, -0.25) is 0 Å². The second-order valence-electron chi connectivity index (χ2n) is 4.44. The molecule has 2 aliphatic rings. The van der Waals surface area contributed by atoms with E-state index in [0.717, 1.165) is 25.7 Å². The molecule has 2 rings (SSSR count). The standard InChI is InChI=1S/C10H19NO3/c11-9(5-6-12)1-3-10(4-2-9)13-7-8-14-10/h12H,1-8,11H2. The van der Waals surface area contributed by atoms with Crippen molar-refractivity contribution in [2.45, 2.75) is 43.4 Å². The van der Waals surface area contributed by atoms with Gasteiger partial charge in [0.1, 0.15) is 0 Å². The van der Waals surface area contributed by atoms with E-state index in [1.165, 1.54) is 0 Å². The summed E-state index contributed by atoms with van der Waals surface area (Å²) in [5.74, 6) is -0.335. The molecule has 0 unspecified atom stereocenters. The number of aliphatic hydroxyl groups is 1. The molecule has 1 spiro atoms. The lowest BCUT2D eigenvalue weighted by molar-refractivity contribution is -0.185. The predicted molar refractivity (Wildman–Crippen MR) is 51.7 cm³/mol. The molecule has 0 bridgehead atoms. The molecule has 4 heteroatoms. The molecule has 1 heterocycles. The van der Waals surface area contributed by atoms with Gasteiger partial charge in [-0.15, -0.1) is 0 Å². The maximum absolute atomic E-state index is 8.90. The Bertz CT molecular complexity index is 192. The van der Waals surface area contributed by atoms with Gasteiger partial charge in [0, 0.05) is 25.0 Å². The summed E-state index contributed by atoms with van der Waals surface area (Å²) >= 11 is 0. The zero-order chi connectivity index (χ0) is 10.1. The maximum Gasteiger partial charge on any atom is 0.168 e. The van der Waals surface area contributed by atoms with Gasteiger partial charge in [0.05, 0.1) is 13.2 Å². The molecule has 1 aliphatic carbocycles. The number of aliphatic hydroxyl groups excluding tert-OH is 1. The second-order valence-corrected chi connectivity index (χ2v) is 4.44. The smallest absolute Gasteiger partial charge is 0.168 e. The minimum Gasteiger partial charge on any atom is -0.396 e. The molecule has 4 nitrogen and oxygen atoms in total. The quantitative estimate of drug-likeness (QED) is 0.678. The van der Waals surface area contributed by atoms with E-state index in [0.29, 0.717) is 19.6 Å². The Morgan fingerprint density at radius 1 is 1.07 bits per heavy atom. The first-order chi connectivity index (χ1) is 6.68. The number of hydrogen-bond donors (Lipinski definition) is 2. The van der Waals surface area contributed by atoms with Crippen molar-refractivity contribution in [1.29, 1.82) is 0 Å². The van der Waals surface area contributed by atoms with Crippen LogP contribution in [0.25, 0.3) is 0 Å². The Morgan fingerprint density at radius 2 is 1.64 bits per heavy atom. The van der Waals surface area contributed by atoms with Gasteiger partial charge in [0.2, 0.25) is 0 Å². The normalized spacial score (nSPS) is 29.6. The van der Waals surface area contributed by atoms with Gasteiger partial charge in [-0.1, -0.05) is 0 Å². The van der Waals surface area contributed by atoms with Crippen molar-refractivity contribution < 1.29 is 14.6 Å². The van der Waals surface area contributed by atoms with E-state index in [2.05, 4.69) is 0 Å². The van der Waals surface area contributed by atoms with Crippen molar-refractivity contribution in [3.63, 3.8) is 0 Å². The van der Waals surface area contributed by atoms with Crippen molar-refractivity contribution in [2.75, 3.05) is 19.8 Å². The van der Waals surface area contributed by atoms with Gasteiger partial charge < -0.3 is 20.3 Å². The Morgan fingerprint density at radius 3 is 2.14 bits per heavy atom. The van der Waals surface area contributed by atoms with E-state index in [4.69, 9.17) is 20.3 Å². The summed E-state index contributed by atoms with van der Waals surface area (Å²) in [7, 11) is 0. The molecule has 2 fully saturated rings. The fraction of sp³-hybridized carbons (Fsp3) is 1.00. The molecule has 0 atom stereocenters. The molecule has 0 aromatic rings. The van der Waals surface area contributed by atoms with Crippen LogP contribution in [0.2, 0.25) is 0 Å². The minimum atomic E-state index is -0.335. The molecular weight excluding hydrogens is 182 g/mol. The summed E-state index contributed by atoms with van der Waals surface area (Å²) in [4.78, 5) is 0. The van der Waals surface area contributed by atoms with Crippen molar-refractivity contribution in [3.05, 3.63) is 0 Å². The largest absolute Gasteiger partial charge is 0.396 e. The highest BCUT2D eigenvalue weighted by Gasteiger charge is 2.44. The lowest BCUT2D eigenvalue weighted by Gasteiger charge is -2.41. The van der Waals surface area contributed by atoms with Gasteiger partial charge in [-0.05, 0) is 19.3 Å². The van der Waals surface area contributed by atoms with Crippen LogP contribution in [-0.4, -0.2) is 36.3 Å².